The molecule has 0 rings (SSSR count). The van der Waals surface area contributed by atoms with E-state index in [4.69, 9.17) is 5.11 Å². The number of hydrogen-bond acceptors (Lipinski definition) is 1. The van der Waals surface area contributed by atoms with Crippen LogP contribution in [0.3, 0.4) is 0 Å². The zero-order valence-electron chi connectivity index (χ0n) is 10.1. The molecule has 0 aliphatic heterocycles. The zero-order chi connectivity index (χ0) is 11.5. The van der Waals surface area contributed by atoms with Crippen LogP contribution in [0.25, 0.3) is 0 Å². The van der Waals surface area contributed by atoms with Crippen LogP contribution in [0.5, 0.6) is 0 Å². The average Bonchev–Trinajstić information content (AvgIpc) is 2.21. The third-order valence-corrected chi connectivity index (χ3v) is 2.67. The zero-order valence-corrected chi connectivity index (χ0v) is 10.1. The van der Waals surface area contributed by atoms with Gasteiger partial charge in [-0.25, -0.2) is 4.79 Å². The number of allylic oxidation sites excluding steroid dienone is 1. The number of carbonyl (C=O) groups is 1. The molecule has 0 aliphatic carbocycles. The Balaban J connectivity index is 3.34. The van der Waals surface area contributed by atoms with Crippen LogP contribution < -0.4 is 0 Å². The van der Waals surface area contributed by atoms with Crippen LogP contribution in [-0.4, -0.2) is 11.1 Å². The topological polar surface area (TPSA) is 37.3 Å². The van der Waals surface area contributed by atoms with E-state index < -0.39 is 5.97 Å². The molecule has 88 valence electrons. The molecule has 0 unspecified atom stereocenters. The summed E-state index contributed by atoms with van der Waals surface area (Å²) in [6, 6.07) is 0. The van der Waals surface area contributed by atoms with Crippen LogP contribution in [0.1, 0.15) is 65.2 Å². The highest BCUT2D eigenvalue weighted by Gasteiger charge is 2.04. The van der Waals surface area contributed by atoms with Gasteiger partial charge in [0, 0.05) is 5.57 Å². The lowest BCUT2D eigenvalue weighted by Gasteiger charge is -2.02. The van der Waals surface area contributed by atoms with Crippen LogP contribution in [0.4, 0.5) is 0 Å². The molecule has 0 spiro atoms. The van der Waals surface area contributed by atoms with Gasteiger partial charge >= 0.3 is 5.97 Å². The highest BCUT2D eigenvalue weighted by atomic mass is 16.4. The first-order valence-corrected chi connectivity index (χ1v) is 6.10. The van der Waals surface area contributed by atoms with Crippen LogP contribution in [0, 0.1) is 0 Å². The Kier molecular flexibility index (Phi) is 9.24. The molecule has 2 nitrogen and oxygen atoms in total. The average molecular weight is 212 g/mol. The van der Waals surface area contributed by atoms with Gasteiger partial charge < -0.3 is 5.11 Å². The fourth-order valence-electron chi connectivity index (χ4n) is 1.65. The largest absolute Gasteiger partial charge is 0.478 e. The molecule has 15 heavy (non-hydrogen) atoms. The van der Waals surface area contributed by atoms with E-state index >= 15 is 0 Å². The Morgan fingerprint density at radius 3 is 2.07 bits per heavy atom. The minimum atomic E-state index is -0.761. The van der Waals surface area contributed by atoms with Crippen LogP contribution in [0.2, 0.25) is 0 Å². The van der Waals surface area contributed by atoms with Crippen molar-refractivity contribution in [1.82, 2.24) is 0 Å². The maximum Gasteiger partial charge on any atom is 0.331 e. The maximum absolute atomic E-state index is 10.7. The van der Waals surface area contributed by atoms with E-state index in [0.29, 0.717) is 5.57 Å². The monoisotopic (exact) mass is 212 g/mol. The highest BCUT2D eigenvalue weighted by molar-refractivity contribution is 5.86. The standard InChI is InChI=1S/C13H24O2/c1-3-5-6-7-8-9-10-11-12(4-2)13(14)15/h4H,3,5-11H2,1-2H3,(H,14,15)/b12-4+. The Bertz CT molecular complexity index is 195. The summed E-state index contributed by atoms with van der Waals surface area (Å²) in [5.41, 5.74) is 0.559. The summed E-state index contributed by atoms with van der Waals surface area (Å²) in [5, 5.41) is 8.78. The van der Waals surface area contributed by atoms with Crippen molar-refractivity contribution >= 4 is 5.97 Å². The van der Waals surface area contributed by atoms with Gasteiger partial charge in [0.05, 0.1) is 0 Å². The SMILES string of the molecule is C/C=C(\CCCCCCCCC)C(=O)O. The lowest BCUT2D eigenvalue weighted by Crippen LogP contribution is -1.99. The van der Waals surface area contributed by atoms with E-state index in [-0.39, 0.29) is 0 Å². The number of rotatable bonds is 9. The molecule has 0 bridgehead atoms. The van der Waals surface area contributed by atoms with Crippen molar-refractivity contribution in [3.63, 3.8) is 0 Å². The first kappa shape index (κ1) is 14.2. The molecule has 0 fully saturated rings. The van der Waals surface area contributed by atoms with Crippen molar-refractivity contribution < 1.29 is 9.90 Å². The van der Waals surface area contributed by atoms with E-state index in [2.05, 4.69) is 6.92 Å². The Morgan fingerprint density at radius 1 is 1.07 bits per heavy atom. The van der Waals surface area contributed by atoms with Crippen molar-refractivity contribution in [1.29, 1.82) is 0 Å². The molecule has 0 saturated heterocycles. The molecular formula is C13H24O2. The van der Waals surface area contributed by atoms with Crippen LogP contribution in [0.15, 0.2) is 11.6 Å². The van der Waals surface area contributed by atoms with E-state index in [0.717, 1.165) is 19.3 Å². The second-order valence-corrected chi connectivity index (χ2v) is 3.99. The summed E-state index contributed by atoms with van der Waals surface area (Å²) in [5.74, 6) is -0.761. The first-order chi connectivity index (χ1) is 7.22. The number of hydrogen-bond donors (Lipinski definition) is 1. The van der Waals surface area contributed by atoms with E-state index in [9.17, 15) is 4.79 Å². The van der Waals surface area contributed by atoms with Gasteiger partial charge in [0.25, 0.3) is 0 Å². The smallest absolute Gasteiger partial charge is 0.331 e. The molecular weight excluding hydrogens is 188 g/mol. The van der Waals surface area contributed by atoms with Gasteiger partial charge in [-0.15, -0.1) is 0 Å². The molecule has 2 heteroatoms. The molecule has 0 heterocycles. The Labute approximate surface area is 93.4 Å². The Morgan fingerprint density at radius 2 is 1.60 bits per heavy atom. The van der Waals surface area contributed by atoms with Gasteiger partial charge in [0.2, 0.25) is 0 Å². The Hall–Kier alpha value is -0.790. The van der Waals surface area contributed by atoms with Gasteiger partial charge in [-0.1, -0.05) is 51.5 Å². The van der Waals surface area contributed by atoms with Gasteiger partial charge in [-0.05, 0) is 19.8 Å². The van der Waals surface area contributed by atoms with Gasteiger partial charge in [0.15, 0.2) is 0 Å². The third-order valence-electron chi connectivity index (χ3n) is 2.67. The third kappa shape index (κ3) is 8.22. The van der Waals surface area contributed by atoms with Crippen molar-refractivity contribution in [3.8, 4) is 0 Å². The second-order valence-electron chi connectivity index (χ2n) is 3.99. The van der Waals surface area contributed by atoms with Crippen molar-refractivity contribution in [2.45, 2.75) is 65.2 Å². The lowest BCUT2D eigenvalue weighted by molar-refractivity contribution is -0.132. The predicted molar refractivity (Wildman–Crippen MR) is 64.0 cm³/mol. The maximum atomic E-state index is 10.7. The molecule has 0 aromatic rings. The summed E-state index contributed by atoms with van der Waals surface area (Å²) in [7, 11) is 0. The fraction of sp³-hybridized carbons (Fsp3) is 0.769. The van der Waals surface area contributed by atoms with E-state index in [1.165, 1.54) is 32.1 Å². The molecule has 0 atom stereocenters. The molecule has 0 amide bonds. The summed E-state index contributed by atoms with van der Waals surface area (Å²) in [6.45, 7) is 4.01. The molecule has 0 aromatic heterocycles. The molecule has 1 N–H and O–H groups in total. The van der Waals surface area contributed by atoms with Crippen LogP contribution >= 0.6 is 0 Å². The normalized spacial score (nSPS) is 11.7. The molecule has 0 saturated carbocycles. The number of carboxylic acids is 1. The van der Waals surface area contributed by atoms with Crippen molar-refractivity contribution in [2.75, 3.05) is 0 Å². The van der Waals surface area contributed by atoms with Gasteiger partial charge in [0.1, 0.15) is 0 Å². The quantitative estimate of drug-likeness (QED) is 0.460. The van der Waals surface area contributed by atoms with Crippen LogP contribution in [-0.2, 0) is 4.79 Å². The minimum absolute atomic E-state index is 0.559. The molecule has 0 aromatic carbocycles. The first-order valence-electron chi connectivity index (χ1n) is 6.10. The second kappa shape index (κ2) is 9.75. The van der Waals surface area contributed by atoms with Crippen molar-refractivity contribution in [3.05, 3.63) is 11.6 Å². The number of aliphatic carboxylic acids is 1. The predicted octanol–water partition coefficient (Wildman–Crippen LogP) is 4.16. The van der Waals surface area contributed by atoms with Crippen molar-refractivity contribution in [2.24, 2.45) is 0 Å². The van der Waals surface area contributed by atoms with E-state index in [1.807, 2.05) is 0 Å². The molecule has 0 aliphatic rings. The summed E-state index contributed by atoms with van der Waals surface area (Å²) in [6.07, 6.45) is 11.1. The lowest BCUT2D eigenvalue weighted by atomic mass is 10.0. The number of carboxylic acid groups (broad SMARTS) is 1. The number of unbranched alkanes of at least 4 members (excludes halogenated alkanes) is 6. The summed E-state index contributed by atoms with van der Waals surface area (Å²) < 4.78 is 0. The minimum Gasteiger partial charge on any atom is -0.478 e. The van der Waals surface area contributed by atoms with Gasteiger partial charge in [-0.2, -0.15) is 0 Å². The summed E-state index contributed by atoms with van der Waals surface area (Å²) in [4.78, 5) is 10.7. The molecule has 0 radical (unpaired) electrons. The highest BCUT2D eigenvalue weighted by Crippen LogP contribution is 2.12. The van der Waals surface area contributed by atoms with E-state index in [1.54, 1.807) is 13.0 Å². The van der Waals surface area contributed by atoms with Gasteiger partial charge in [-0.3, -0.25) is 0 Å². The summed E-state index contributed by atoms with van der Waals surface area (Å²) >= 11 is 0. The fourth-order valence-corrected chi connectivity index (χ4v) is 1.65.